The molecule has 0 saturated heterocycles. The van der Waals surface area contributed by atoms with Crippen molar-refractivity contribution in [3.05, 3.63) is 54.1 Å². The van der Waals surface area contributed by atoms with Crippen molar-refractivity contribution in [3.63, 3.8) is 0 Å². The maximum Gasteiger partial charge on any atom is 0.243 e. The van der Waals surface area contributed by atoms with Crippen LogP contribution >= 0.6 is 0 Å². The molecule has 1 heterocycles. The van der Waals surface area contributed by atoms with Crippen LogP contribution in [0.3, 0.4) is 0 Å². The average Bonchev–Trinajstić information content (AvgIpc) is 2.65. The maximum absolute atomic E-state index is 12.3. The van der Waals surface area contributed by atoms with Crippen molar-refractivity contribution >= 4 is 17.5 Å². The summed E-state index contributed by atoms with van der Waals surface area (Å²) in [5.41, 5.74) is 1.75. The lowest BCUT2D eigenvalue weighted by atomic mass is 10.1. The van der Waals surface area contributed by atoms with E-state index in [1.54, 1.807) is 23.1 Å². The number of carbonyl (C=O) groups is 2. The minimum Gasteiger partial charge on any atom is -0.486 e. The maximum atomic E-state index is 12.3. The lowest BCUT2D eigenvalue weighted by Crippen LogP contribution is -2.38. The number of hydrogen-bond donors (Lipinski definition) is 1. The summed E-state index contributed by atoms with van der Waals surface area (Å²) in [5.74, 6) is 0.909. The molecule has 3 rings (SSSR count). The zero-order valence-corrected chi connectivity index (χ0v) is 14.7. The van der Waals surface area contributed by atoms with Crippen LogP contribution < -0.4 is 14.8 Å². The first-order valence-corrected chi connectivity index (χ1v) is 8.61. The monoisotopic (exact) mass is 354 g/mol. The van der Waals surface area contributed by atoms with Crippen molar-refractivity contribution in [1.82, 2.24) is 4.90 Å². The van der Waals surface area contributed by atoms with Crippen molar-refractivity contribution in [2.75, 3.05) is 31.6 Å². The summed E-state index contributed by atoms with van der Waals surface area (Å²) in [6.45, 7) is 2.99. The van der Waals surface area contributed by atoms with Gasteiger partial charge in [0, 0.05) is 25.2 Å². The lowest BCUT2D eigenvalue weighted by molar-refractivity contribution is -0.132. The minimum absolute atomic E-state index is 0.0105. The van der Waals surface area contributed by atoms with E-state index < -0.39 is 0 Å². The Bertz CT molecular complexity index is 777. The second-order valence-electron chi connectivity index (χ2n) is 6.08. The highest BCUT2D eigenvalue weighted by molar-refractivity contribution is 5.94. The molecule has 0 saturated carbocycles. The largest absolute Gasteiger partial charge is 0.486 e. The van der Waals surface area contributed by atoms with Gasteiger partial charge in [0.2, 0.25) is 11.8 Å². The van der Waals surface area contributed by atoms with Crippen LogP contribution in [0.2, 0.25) is 0 Å². The molecule has 0 aliphatic carbocycles. The fraction of sp³-hybridized carbons (Fsp3) is 0.300. The number of benzene rings is 2. The quantitative estimate of drug-likeness (QED) is 0.865. The number of anilines is 1. The first kappa shape index (κ1) is 17.8. The van der Waals surface area contributed by atoms with E-state index in [2.05, 4.69) is 5.32 Å². The fourth-order valence-corrected chi connectivity index (χ4v) is 2.75. The van der Waals surface area contributed by atoms with Gasteiger partial charge in [-0.25, -0.2) is 0 Å². The number of rotatable bonds is 6. The van der Waals surface area contributed by atoms with Crippen LogP contribution in [0.4, 0.5) is 5.69 Å². The number of ether oxygens (including phenoxy) is 2. The van der Waals surface area contributed by atoms with E-state index in [0.29, 0.717) is 43.4 Å². The average molecular weight is 354 g/mol. The van der Waals surface area contributed by atoms with Crippen LogP contribution in [0.25, 0.3) is 0 Å². The Morgan fingerprint density at radius 3 is 2.50 bits per heavy atom. The van der Waals surface area contributed by atoms with Gasteiger partial charge in [0.05, 0.1) is 6.54 Å². The number of nitrogens with one attached hydrogen (secondary N) is 1. The molecule has 6 heteroatoms. The van der Waals surface area contributed by atoms with Gasteiger partial charge >= 0.3 is 0 Å². The zero-order valence-electron chi connectivity index (χ0n) is 14.7. The molecule has 2 aromatic rings. The molecule has 2 aromatic carbocycles. The number of carbonyl (C=O) groups excluding carboxylic acids is 2. The summed E-state index contributed by atoms with van der Waals surface area (Å²) >= 11 is 0. The van der Waals surface area contributed by atoms with Gasteiger partial charge in [0.25, 0.3) is 0 Å². The standard InChI is InChI=1S/C20H22N2O4/c1-15(23)22(10-9-16-5-3-2-4-6-16)14-20(24)21-17-7-8-18-19(13-17)26-12-11-25-18/h2-8,13H,9-12,14H2,1H3,(H,21,24). The van der Waals surface area contributed by atoms with Crippen molar-refractivity contribution in [2.24, 2.45) is 0 Å². The molecule has 0 aromatic heterocycles. The second kappa shape index (κ2) is 8.38. The van der Waals surface area contributed by atoms with Crippen LogP contribution in [0.1, 0.15) is 12.5 Å². The van der Waals surface area contributed by atoms with Crippen LogP contribution in [0, 0.1) is 0 Å². The molecule has 0 bridgehead atoms. The number of nitrogens with zero attached hydrogens (tertiary/aromatic N) is 1. The molecule has 26 heavy (non-hydrogen) atoms. The molecule has 1 N–H and O–H groups in total. The van der Waals surface area contributed by atoms with E-state index in [4.69, 9.17) is 9.47 Å². The summed E-state index contributed by atoms with van der Waals surface area (Å²) in [5, 5.41) is 2.81. The molecule has 0 spiro atoms. The molecule has 6 nitrogen and oxygen atoms in total. The summed E-state index contributed by atoms with van der Waals surface area (Å²) in [6.07, 6.45) is 0.706. The predicted octanol–water partition coefficient (Wildman–Crippen LogP) is 2.49. The summed E-state index contributed by atoms with van der Waals surface area (Å²) in [7, 11) is 0. The predicted molar refractivity (Wildman–Crippen MR) is 98.5 cm³/mol. The van der Waals surface area contributed by atoms with Gasteiger partial charge in [-0.3, -0.25) is 9.59 Å². The van der Waals surface area contributed by atoms with Crippen LogP contribution in [0.5, 0.6) is 11.5 Å². The number of hydrogen-bond acceptors (Lipinski definition) is 4. The van der Waals surface area contributed by atoms with Crippen molar-refractivity contribution in [1.29, 1.82) is 0 Å². The normalized spacial score (nSPS) is 12.3. The smallest absolute Gasteiger partial charge is 0.243 e. The molecular weight excluding hydrogens is 332 g/mol. The van der Waals surface area contributed by atoms with Gasteiger partial charge in [0.1, 0.15) is 13.2 Å². The number of amides is 2. The van der Waals surface area contributed by atoms with Gasteiger partial charge in [-0.05, 0) is 24.1 Å². The Morgan fingerprint density at radius 2 is 1.77 bits per heavy atom. The Kier molecular flexibility index (Phi) is 5.73. The summed E-state index contributed by atoms with van der Waals surface area (Å²) in [6, 6.07) is 15.1. The van der Waals surface area contributed by atoms with E-state index >= 15 is 0 Å². The van der Waals surface area contributed by atoms with Crippen LogP contribution in [-0.4, -0.2) is 43.0 Å². The first-order valence-electron chi connectivity index (χ1n) is 8.61. The van der Waals surface area contributed by atoms with E-state index in [1.165, 1.54) is 6.92 Å². The fourth-order valence-electron chi connectivity index (χ4n) is 2.75. The van der Waals surface area contributed by atoms with Crippen molar-refractivity contribution < 1.29 is 19.1 Å². The van der Waals surface area contributed by atoms with E-state index in [9.17, 15) is 9.59 Å². The Morgan fingerprint density at radius 1 is 1.04 bits per heavy atom. The Hall–Kier alpha value is -3.02. The zero-order chi connectivity index (χ0) is 18.4. The molecule has 2 amide bonds. The van der Waals surface area contributed by atoms with Crippen molar-refractivity contribution in [2.45, 2.75) is 13.3 Å². The molecule has 0 fully saturated rings. The first-order chi connectivity index (χ1) is 12.6. The Labute approximate surface area is 152 Å². The van der Waals surface area contributed by atoms with Gasteiger partial charge in [0.15, 0.2) is 11.5 Å². The van der Waals surface area contributed by atoms with E-state index in [-0.39, 0.29) is 18.4 Å². The number of fused-ring (bicyclic) bond motifs is 1. The summed E-state index contributed by atoms with van der Waals surface area (Å²) < 4.78 is 11.0. The topological polar surface area (TPSA) is 67.9 Å². The van der Waals surface area contributed by atoms with Crippen LogP contribution in [0.15, 0.2) is 48.5 Å². The van der Waals surface area contributed by atoms with Crippen molar-refractivity contribution in [3.8, 4) is 11.5 Å². The molecule has 0 unspecified atom stereocenters. The highest BCUT2D eigenvalue weighted by Crippen LogP contribution is 2.32. The third kappa shape index (κ3) is 4.75. The van der Waals surface area contributed by atoms with Gasteiger partial charge in [-0.2, -0.15) is 0 Å². The highest BCUT2D eigenvalue weighted by Gasteiger charge is 2.16. The Balaban J connectivity index is 1.57. The third-order valence-corrected chi connectivity index (χ3v) is 4.12. The van der Waals surface area contributed by atoms with Gasteiger partial charge in [-0.1, -0.05) is 30.3 Å². The minimum atomic E-state index is -0.245. The molecule has 0 radical (unpaired) electrons. The second-order valence-corrected chi connectivity index (χ2v) is 6.08. The summed E-state index contributed by atoms with van der Waals surface area (Å²) in [4.78, 5) is 25.7. The van der Waals surface area contributed by atoms with Crippen LogP contribution in [-0.2, 0) is 16.0 Å². The van der Waals surface area contributed by atoms with Gasteiger partial charge < -0.3 is 19.7 Å². The lowest BCUT2D eigenvalue weighted by Gasteiger charge is -2.21. The molecule has 136 valence electrons. The van der Waals surface area contributed by atoms with E-state index in [1.807, 2.05) is 30.3 Å². The van der Waals surface area contributed by atoms with E-state index in [0.717, 1.165) is 5.56 Å². The SMILES string of the molecule is CC(=O)N(CCc1ccccc1)CC(=O)Nc1ccc2c(c1)OCCO2. The molecule has 0 atom stereocenters. The highest BCUT2D eigenvalue weighted by atomic mass is 16.6. The molecular formula is C20H22N2O4. The molecule has 1 aliphatic heterocycles. The van der Waals surface area contributed by atoms with Gasteiger partial charge in [-0.15, -0.1) is 0 Å². The molecule has 1 aliphatic rings. The third-order valence-electron chi connectivity index (χ3n) is 4.12.